The first-order valence-corrected chi connectivity index (χ1v) is 9.12. The molecular weight excluding hydrogens is 288 g/mol. The van der Waals surface area contributed by atoms with Crippen LogP contribution in [-0.2, 0) is 6.42 Å². The number of nitrogens with zero attached hydrogens (tertiary/aromatic N) is 3. The van der Waals surface area contributed by atoms with Crippen molar-refractivity contribution in [3.05, 3.63) is 18.1 Å². The van der Waals surface area contributed by atoms with Crippen LogP contribution in [0.5, 0.6) is 0 Å². The topological polar surface area (TPSA) is 61.3 Å². The first kappa shape index (κ1) is 16.7. The zero-order chi connectivity index (χ0) is 16.3. The Bertz CT molecular complexity index is 517. The number of nitrogens with one attached hydrogen (secondary N) is 1. The van der Waals surface area contributed by atoms with Crippen molar-refractivity contribution in [3.63, 3.8) is 0 Å². The molecule has 1 saturated carbocycles. The highest BCUT2D eigenvalue weighted by Crippen LogP contribution is 2.35. The zero-order valence-electron chi connectivity index (χ0n) is 14.5. The van der Waals surface area contributed by atoms with Crippen molar-refractivity contribution in [1.82, 2.24) is 15.3 Å². The number of aryl methyl sites for hydroxylation is 1. The fraction of sp³-hybridized carbons (Fsp3) is 0.778. The molecular formula is C18H30N4O. The van der Waals surface area contributed by atoms with Gasteiger partial charge >= 0.3 is 0 Å². The minimum atomic E-state index is -0.399. The van der Waals surface area contributed by atoms with Crippen LogP contribution in [0, 0.1) is 0 Å². The Kier molecular flexibility index (Phi) is 5.17. The van der Waals surface area contributed by atoms with E-state index in [0.717, 1.165) is 50.3 Å². The number of piperidine rings is 1. The molecule has 1 aliphatic heterocycles. The van der Waals surface area contributed by atoms with Gasteiger partial charge < -0.3 is 15.3 Å². The van der Waals surface area contributed by atoms with E-state index in [1.165, 1.54) is 19.3 Å². The number of aliphatic hydroxyl groups is 1. The average Bonchev–Trinajstić information content (AvgIpc) is 2.53. The van der Waals surface area contributed by atoms with E-state index in [-0.39, 0.29) is 0 Å². The molecule has 0 aromatic carbocycles. The first-order chi connectivity index (χ1) is 11.1. The third-order valence-corrected chi connectivity index (χ3v) is 5.31. The lowest BCUT2D eigenvalue weighted by molar-refractivity contribution is -0.0470. The molecule has 1 aliphatic carbocycles. The second-order valence-electron chi connectivity index (χ2n) is 7.36. The Morgan fingerprint density at radius 1 is 1.39 bits per heavy atom. The molecule has 1 aromatic rings. The van der Waals surface area contributed by atoms with Crippen LogP contribution in [0.1, 0.15) is 58.1 Å². The van der Waals surface area contributed by atoms with Gasteiger partial charge in [0.25, 0.3) is 0 Å². The van der Waals surface area contributed by atoms with Crippen LogP contribution in [0.3, 0.4) is 0 Å². The SMILES string of the molecule is CCc1cc(N2CCCC(NC(C)CC3(O)CCC3)C2)ncn1. The fourth-order valence-corrected chi connectivity index (χ4v) is 3.89. The molecule has 0 spiro atoms. The fourth-order valence-electron chi connectivity index (χ4n) is 3.89. The van der Waals surface area contributed by atoms with Crippen LogP contribution in [0.4, 0.5) is 5.82 Å². The highest BCUT2D eigenvalue weighted by molar-refractivity contribution is 5.39. The number of hydrogen-bond donors (Lipinski definition) is 2. The monoisotopic (exact) mass is 318 g/mol. The van der Waals surface area contributed by atoms with Gasteiger partial charge in [0.2, 0.25) is 0 Å². The molecule has 2 heterocycles. The lowest BCUT2D eigenvalue weighted by Crippen LogP contribution is -2.51. The number of hydrogen-bond acceptors (Lipinski definition) is 5. The van der Waals surface area contributed by atoms with Crippen LogP contribution in [0.2, 0.25) is 0 Å². The normalized spacial score (nSPS) is 25.0. The van der Waals surface area contributed by atoms with E-state index in [4.69, 9.17) is 0 Å². The van der Waals surface area contributed by atoms with E-state index in [0.29, 0.717) is 12.1 Å². The molecule has 1 saturated heterocycles. The average molecular weight is 318 g/mol. The molecule has 5 nitrogen and oxygen atoms in total. The lowest BCUT2D eigenvalue weighted by Gasteiger charge is -2.41. The summed E-state index contributed by atoms with van der Waals surface area (Å²) in [6.07, 6.45) is 8.99. The van der Waals surface area contributed by atoms with E-state index in [1.54, 1.807) is 6.33 Å². The molecule has 5 heteroatoms. The summed E-state index contributed by atoms with van der Waals surface area (Å²) in [6, 6.07) is 2.95. The summed E-state index contributed by atoms with van der Waals surface area (Å²) in [5.41, 5.74) is 0.703. The van der Waals surface area contributed by atoms with Crippen molar-refractivity contribution in [1.29, 1.82) is 0 Å². The van der Waals surface area contributed by atoms with E-state index in [2.05, 4.69) is 40.1 Å². The largest absolute Gasteiger partial charge is 0.390 e. The summed E-state index contributed by atoms with van der Waals surface area (Å²) < 4.78 is 0. The van der Waals surface area contributed by atoms with E-state index >= 15 is 0 Å². The highest BCUT2D eigenvalue weighted by atomic mass is 16.3. The van der Waals surface area contributed by atoms with Crippen LogP contribution in [-0.4, -0.2) is 45.8 Å². The Morgan fingerprint density at radius 2 is 2.22 bits per heavy atom. The van der Waals surface area contributed by atoms with E-state index in [1.807, 2.05) is 0 Å². The van der Waals surface area contributed by atoms with Gasteiger partial charge in [0.05, 0.1) is 5.60 Å². The molecule has 0 radical (unpaired) electrons. The first-order valence-electron chi connectivity index (χ1n) is 9.12. The minimum Gasteiger partial charge on any atom is -0.390 e. The smallest absolute Gasteiger partial charge is 0.132 e. The van der Waals surface area contributed by atoms with Crippen molar-refractivity contribution in [2.75, 3.05) is 18.0 Å². The second kappa shape index (κ2) is 7.14. The van der Waals surface area contributed by atoms with Gasteiger partial charge in [0.15, 0.2) is 0 Å². The van der Waals surface area contributed by atoms with Gasteiger partial charge in [0.1, 0.15) is 12.1 Å². The van der Waals surface area contributed by atoms with E-state index in [9.17, 15) is 5.11 Å². The van der Waals surface area contributed by atoms with Crippen LogP contribution in [0.15, 0.2) is 12.4 Å². The molecule has 2 fully saturated rings. The molecule has 2 N–H and O–H groups in total. The van der Waals surface area contributed by atoms with Crippen LogP contribution >= 0.6 is 0 Å². The molecule has 3 rings (SSSR count). The zero-order valence-corrected chi connectivity index (χ0v) is 14.5. The maximum Gasteiger partial charge on any atom is 0.132 e. The van der Waals surface area contributed by atoms with Gasteiger partial charge in [-0.25, -0.2) is 9.97 Å². The summed E-state index contributed by atoms with van der Waals surface area (Å²) in [7, 11) is 0. The minimum absolute atomic E-state index is 0.363. The molecule has 2 unspecified atom stereocenters. The van der Waals surface area contributed by atoms with Gasteiger partial charge in [-0.05, 0) is 51.9 Å². The van der Waals surface area contributed by atoms with Crippen molar-refractivity contribution in [3.8, 4) is 0 Å². The third-order valence-electron chi connectivity index (χ3n) is 5.31. The number of rotatable bonds is 6. The molecule has 0 bridgehead atoms. The number of aromatic nitrogens is 2. The summed E-state index contributed by atoms with van der Waals surface area (Å²) in [6.45, 7) is 6.38. The maximum atomic E-state index is 10.3. The number of anilines is 1. The van der Waals surface area contributed by atoms with Crippen LogP contribution in [0.25, 0.3) is 0 Å². The molecule has 0 amide bonds. The van der Waals surface area contributed by atoms with Gasteiger partial charge in [-0.3, -0.25) is 0 Å². The van der Waals surface area contributed by atoms with Crippen LogP contribution < -0.4 is 10.2 Å². The molecule has 1 aromatic heterocycles. The van der Waals surface area contributed by atoms with Gasteiger partial charge in [-0.15, -0.1) is 0 Å². The molecule has 2 aliphatic rings. The highest BCUT2D eigenvalue weighted by Gasteiger charge is 2.36. The summed E-state index contributed by atoms with van der Waals surface area (Å²) >= 11 is 0. The van der Waals surface area contributed by atoms with Crippen molar-refractivity contribution < 1.29 is 5.11 Å². The Labute approximate surface area is 139 Å². The quantitative estimate of drug-likeness (QED) is 0.843. The summed E-state index contributed by atoms with van der Waals surface area (Å²) in [4.78, 5) is 11.1. The van der Waals surface area contributed by atoms with Gasteiger partial charge in [-0.2, -0.15) is 0 Å². The Balaban J connectivity index is 1.55. The Morgan fingerprint density at radius 3 is 2.91 bits per heavy atom. The summed E-state index contributed by atoms with van der Waals surface area (Å²) in [5, 5.41) is 14.1. The van der Waals surface area contributed by atoms with E-state index < -0.39 is 5.60 Å². The second-order valence-corrected chi connectivity index (χ2v) is 7.36. The van der Waals surface area contributed by atoms with Crippen molar-refractivity contribution in [2.45, 2.75) is 76.5 Å². The maximum absolute atomic E-state index is 10.3. The predicted octanol–water partition coefficient (Wildman–Crippen LogP) is 2.29. The third kappa shape index (κ3) is 4.21. The molecule has 128 valence electrons. The molecule has 2 atom stereocenters. The predicted molar refractivity (Wildman–Crippen MR) is 92.7 cm³/mol. The summed E-state index contributed by atoms with van der Waals surface area (Å²) in [5.74, 6) is 1.05. The van der Waals surface area contributed by atoms with Gasteiger partial charge in [0, 0.05) is 36.9 Å². The van der Waals surface area contributed by atoms with Crippen molar-refractivity contribution >= 4 is 5.82 Å². The molecule has 23 heavy (non-hydrogen) atoms. The lowest BCUT2D eigenvalue weighted by atomic mass is 9.76. The van der Waals surface area contributed by atoms with Crippen molar-refractivity contribution in [2.24, 2.45) is 0 Å². The van der Waals surface area contributed by atoms with Gasteiger partial charge in [-0.1, -0.05) is 6.92 Å². The Hall–Kier alpha value is -1.20. The standard InChI is InChI=1S/C18H30N4O/c1-3-15-10-17(20-13-19-15)22-9-4-6-16(12-22)21-14(2)11-18(23)7-5-8-18/h10,13-14,16,21,23H,3-9,11-12H2,1-2H3.